The first-order valence-electron chi connectivity index (χ1n) is 6.06. The molecule has 216 valence electrons. The maximum absolute atomic E-state index is 11.1. The fourth-order valence-electron chi connectivity index (χ4n) is 0. The molecule has 0 radical (unpaired) electrons. The molecule has 0 bridgehead atoms. The van der Waals surface area contributed by atoms with Crippen molar-refractivity contribution in [3.8, 4) is 0 Å². The number of aliphatic carboxylic acids is 4. The topological polar surface area (TPSA) is 298 Å². The molecule has 30 heteroatoms. The predicted octanol–water partition coefficient (Wildman–Crippen LogP) is -7.14. The molecule has 0 aliphatic heterocycles. The van der Waals surface area contributed by atoms with Crippen LogP contribution in [-0.2, 0) is 42.9 Å². The molecule has 0 aromatic carbocycles. The summed E-state index contributed by atoms with van der Waals surface area (Å²) < 4.78 is 111. The Hall–Kier alpha value is -2.28. The van der Waals surface area contributed by atoms with Crippen molar-refractivity contribution in [2.75, 3.05) is 0 Å². The van der Waals surface area contributed by atoms with E-state index in [0.29, 0.717) is 0 Å². The van der Waals surface area contributed by atoms with Crippen LogP contribution in [0.25, 0.3) is 0 Å². The number of carboxylic acids is 4. The Bertz CT molecular complexity index is 725. The minimum Gasteiger partial charge on any atom is -0.756 e. The standard InChI is InChI=1S/4C2HFO3.AsF6.2Li.H3O4P/c4*3-1(4)2(5)6;2-1(3,4,5,6)7;;;1-5(2,3)4/h4*(H,5,6);;;;(H3,1,2,3,4)/q;;;;-1;2*+1;/p-1. The Morgan fingerprint density at radius 1 is 0.500 bits per heavy atom. The van der Waals surface area contributed by atoms with Crippen LogP contribution in [0.4, 0.5) is 38.4 Å². The Kier molecular flexibility index (Phi) is 31.9. The molecule has 0 saturated carbocycles. The molecule has 0 unspecified atom stereocenters. The van der Waals surface area contributed by atoms with Gasteiger partial charge in [0.25, 0.3) is 7.82 Å². The Morgan fingerprint density at radius 2 is 0.526 bits per heavy atom. The molecule has 0 heterocycles. The van der Waals surface area contributed by atoms with E-state index in [4.69, 9.17) is 78.0 Å². The van der Waals surface area contributed by atoms with E-state index >= 15 is 0 Å². The maximum Gasteiger partial charge on any atom is 1.00 e. The van der Waals surface area contributed by atoms with Gasteiger partial charge in [-0.3, -0.25) is 4.57 Å². The van der Waals surface area contributed by atoms with Gasteiger partial charge in [-0.25, -0.2) is 38.4 Å². The van der Waals surface area contributed by atoms with E-state index in [1.54, 1.807) is 0 Å². The molecule has 0 aromatic rings. The normalized spacial score (nSPS) is 10.6. The van der Waals surface area contributed by atoms with Gasteiger partial charge in [-0.1, -0.05) is 0 Å². The third-order valence-corrected chi connectivity index (χ3v) is 0.673. The van der Waals surface area contributed by atoms with E-state index in [9.17, 15) is 38.4 Å². The third kappa shape index (κ3) is 192. The van der Waals surface area contributed by atoms with Crippen molar-refractivity contribution in [2.24, 2.45) is 0 Å². The van der Waals surface area contributed by atoms with Crippen molar-refractivity contribution in [2.45, 2.75) is 0 Å². The second kappa shape index (κ2) is 21.6. The third-order valence-electron chi connectivity index (χ3n) is 0.673. The molecule has 38 heavy (non-hydrogen) atoms. The van der Waals surface area contributed by atoms with E-state index in [1.165, 1.54) is 0 Å². The van der Waals surface area contributed by atoms with Crippen LogP contribution < -0.4 is 42.6 Å². The smallest absolute Gasteiger partial charge is 0.756 e. The number of carbonyl (C=O) groups is 8. The number of rotatable bonds is 4. The molecule has 0 aromatic heterocycles. The summed E-state index contributed by atoms with van der Waals surface area (Å²) in [5.74, 6) is -8.19. The van der Waals surface area contributed by atoms with Crippen LogP contribution >= 0.6 is 7.82 Å². The van der Waals surface area contributed by atoms with Crippen LogP contribution in [0, 0.1) is 0 Å². The van der Waals surface area contributed by atoms with E-state index in [2.05, 4.69) is 0 Å². The molecule has 0 aliphatic carbocycles. The Balaban J connectivity index is -0.0000000470. The van der Waals surface area contributed by atoms with Crippen molar-refractivity contribution >= 4 is 70.0 Å². The molecule has 0 spiro atoms. The fraction of sp³-hybridized carbons (Fsp3) is 0. The van der Waals surface area contributed by atoms with Crippen LogP contribution in [0.1, 0.15) is 0 Å². The molecule has 6 N–H and O–H groups in total. The average Bonchev–Trinajstić information content (AvgIpc) is 2.51. The van der Waals surface area contributed by atoms with Gasteiger partial charge < -0.3 is 35.1 Å². The quantitative estimate of drug-likeness (QED) is 0.0533. The van der Waals surface area contributed by atoms with Gasteiger partial charge in [-0.15, -0.1) is 0 Å². The number of carboxylic acid groups (broad SMARTS) is 4. The molecule has 0 rings (SSSR count). The molecular formula is C8H6AsF10Li2O16P. The molecule has 0 atom stereocenters. The Labute approximate surface area is 224 Å². The molecule has 0 saturated heterocycles. The largest absolute Gasteiger partial charge is 1.00 e. The molecular weight excluding hydrogens is 662 g/mol. The van der Waals surface area contributed by atoms with Crippen LogP contribution in [-0.4, -0.2) is 92.4 Å². The Morgan fingerprint density at radius 3 is 0.526 bits per heavy atom. The second-order valence-corrected chi connectivity index (χ2v) is 8.77. The zero-order chi connectivity index (χ0) is 31.5. The minimum atomic E-state index is -11.1. The summed E-state index contributed by atoms with van der Waals surface area (Å²) in [4.78, 5) is 94.3. The first-order chi connectivity index (χ1) is 15.0. The number of carbonyl (C=O) groups excluding carboxylic acids is 4. The van der Waals surface area contributed by atoms with Crippen molar-refractivity contribution in [3.63, 3.8) is 0 Å². The monoisotopic (exact) mass is 668 g/mol. The van der Waals surface area contributed by atoms with Gasteiger partial charge >= 0.3 is 121 Å². The second-order valence-electron chi connectivity index (χ2n) is 3.76. The van der Waals surface area contributed by atoms with Gasteiger partial charge in [0.2, 0.25) is 0 Å². The van der Waals surface area contributed by atoms with Crippen molar-refractivity contribution in [1.29, 1.82) is 0 Å². The van der Waals surface area contributed by atoms with Crippen molar-refractivity contribution < 1.29 is 154 Å². The zero-order valence-electron chi connectivity index (χ0n) is 17.4. The van der Waals surface area contributed by atoms with Crippen LogP contribution in [0.2, 0.25) is 0 Å². The summed E-state index contributed by atoms with van der Waals surface area (Å²) in [5.41, 5.74) is 0. The summed E-state index contributed by atoms with van der Waals surface area (Å²) in [6.07, 6.45) is 0. The van der Waals surface area contributed by atoms with Gasteiger partial charge in [0.15, 0.2) is 0 Å². The van der Waals surface area contributed by atoms with Crippen LogP contribution in [0.5, 0.6) is 0 Å². The fourth-order valence-corrected chi connectivity index (χ4v) is 0. The summed E-state index contributed by atoms with van der Waals surface area (Å²) >= 11 is -11.1. The van der Waals surface area contributed by atoms with Crippen molar-refractivity contribution in [1.82, 2.24) is 0 Å². The van der Waals surface area contributed by atoms with Gasteiger partial charge in [-0.05, 0) is 0 Å². The predicted molar refractivity (Wildman–Crippen MR) is 79.4 cm³/mol. The maximum atomic E-state index is 10.6. The van der Waals surface area contributed by atoms with Gasteiger partial charge in [0, 0.05) is 0 Å². The molecule has 0 aliphatic rings. The van der Waals surface area contributed by atoms with Gasteiger partial charge in [-0.2, -0.15) is 17.6 Å². The van der Waals surface area contributed by atoms with E-state index < -0.39 is 70.0 Å². The summed E-state index contributed by atoms with van der Waals surface area (Å²) in [6, 6.07) is -9.30. The van der Waals surface area contributed by atoms with E-state index in [1.807, 2.05) is 0 Å². The number of hydrogen-bond donors (Lipinski definition) is 6. The number of halogens is 10. The zero-order valence-corrected chi connectivity index (χ0v) is 20.2. The molecule has 0 fully saturated rings. The number of hydrogen-bond acceptors (Lipinski definition) is 10. The molecule has 0 amide bonds. The van der Waals surface area contributed by atoms with Crippen LogP contribution in [0.3, 0.4) is 0 Å². The summed E-state index contributed by atoms with van der Waals surface area (Å²) in [7, 11) is -4.89. The van der Waals surface area contributed by atoms with Crippen LogP contribution in [0.15, 0.2) is 0 Å². The average molecular weight is 668 g/mol. The van der Waals surface area contributed by atoms with Gasteiger partial charge in [0.1, 0.15) is 0 Å². The van der Waals surface area contributed by atoms with Crippen molar-refractivity contribution in [3.05, 3.63) is 0 Å². The summed E-state index contributed by atoms with van der Waals surface area (Å²) in [5, 5.41) is 29.1. The van der Waals surface area contributed by atoms with E-state index in [-0.39, 0.29) is 37.7 Å². The molecule has 16 nitrogen and oxygen atoms in total. The SMILES string of the molecule is F[As-](F)(F)(F)(F)F.O=C(O)C(=O)F.O=C(O)C(=O)F.O=C(O)C(=O)F.O=C(O)C(=O)F.O=P([O-])(O)O.[Li+].[Li+]. The first-order valence-corrected chi connectivity index (χ1v) is 11.8. The number of phosphoric acid groups is 1. The first kappa shape index (κ1) is 56.0. The minimum absolute atomic E-state index is 0. The van der Waals surface area contributed by atoms with E-state index in [0.717, 1.165) is 0 Å². The van der Waals surface area contributed by atoms with Gasteiger partial charge in [0.05, 0.1) is 0 Å². The summed E-state index contributed by atoms with van der Waals surface area (Å²) in [6.45, 7) is 0.